The highest BCUT2D eigenvalue weighted by Gasteiger charge is 2.36. The fourth-order valence-corrected chi connectivity index (χ4v) is 1.36. The number of ether oxygens (including phenoxy) is 2. The highest BCUT2D eigenvalue weighted by molar-refractivity contribution is 5.74. The highest BCUT2D eigenvalue weighted by atomic mass is 19.4. The molecule has 0 bridgehead atoms. The average molecular weight is 296 g/mol. The number of carboxylic acid groups (broad SMARTS) is 1. The molecule has 0 aromatic carbocycles. The molecule has 20 heavy (non-hydrogen) atoms. The van der Waals surface area contributed by atoms with Crippen LogP contribution in [0.1, 0.15) is 5.56 Å². The number of nitro groups is 1. The third kappa shape index (κ3) is 3.70. The molecule has 0 aliphatic heterocycles. The molecular weight excluding hydrogens is 289 g/mol. The molecule has 0 fully saturated rings. The predicted octanol–water partition coefficient (Wildman–Crippen LogP) is 1.52. The van der Waals surface area contributed by atoms with Crippen molar-refractivity contribution in [1.29, 1.82) is 0 Å². The second-order valence-corrected chi connectivity index (χ2v) is 3.33. The van der Waals surface area contributed by atoms with Crippen LogP contribution in [0.5, 0.6) is 11.6 Å². The summed E-state index contributed by atoms with van der Waals surface area (Å²) in [6.07, 6.45) is -5.60. The molecule has 8 nitrogen and oxygen atoms in total. The molecule has 0 unspecified atom stereocenters. The van der Waals surface area contributed by atoms with Gasteiger partial charge in [0.15, 0.2) is 0 Å². The van der Waals surface area contributed by atoms with Crippen LogP contribution in [0.4, 0.5) is 18.9 Å². The van der Waals surface area contributed by atoms with Crippen molar-refractivity contribution in [2.45, 2.75) is 12.8 Å². The van der Waals surface area contributed by atoms with Gasteiger partial charge in [-0.15, -0.1) is 13.2 Å². The number of carboxylic acids is 1. The summed E-state index contributed by atoms with van der Waals surface area (Å²) in [5, 5.41) is 19.5. The number of alkyl halides is 3. The molecule has 1 aromatic rings. The largest absolute Gasteiger partial charge is 0.574 e. The van der Waals surface area contributed by atoms with Crippen molar-refractivity contribution < 1.29 is 37.5 Å². The molecule has 11 heteroatoms. The van der Waals surface area contributed by atoms with Crippen LogP contribution in [0.25, 0.3) is 0 Å². The van der Waals surface area contributed by atoms with Crippen LogP contribution in [-0.4, -0.2) is 34.5 Å². The Hall–Kier alpha value is -2.59. The van der Waals surface area contributed by atoms with Crippen LogP contribution < -0.4 is 9.47 Å². The third-order valence-electron chi connectivity index (χ3n) is 2.02. The van der Waals surface area contributed by atoms with Gasteiger partial charge < -0.3 is 14.6 Å². The van der Waals surface area contributed by atoms with Crippen molar-refractivity contribution in [2.75, 3.05) is 7.11 Å². The van der Waals surface area contributed by atoms with Gasteiger partial charge in [0, 0.05) is 0 Å². The molecule has 1 aromatic heterocycles. The molecule has 0 amide bonds. The van der Waals surface area contributed by atoms with Crippen LogP contribution in [-0.2, 0) is 11.2 Å². The minimum atomic E-state index is -5.16. The zero-order valence-electron chi connectivity index (χ0n) is 9.80. The fraction of sp³-hybridized carbons (Fsp3) is 0.333. The summed E-state index contributed by atoms with van der Waals surface area (Å²) in [6, 6.07) is 0. The minimum absolute atomic E-state index is 0.472. The number of rotatable bonds is 5. The molecule has 1 N–H and O–H groups in total. The number of hydrogen-bond acceptors (Lipinski definition) is 6. The van der Waals surface area contributed by atoms with Gasteiger partial charge in [-0.05, 0) is 0 Å². The minimum Gasteiger partial charge on any atom is -0.489 e. The Balaban J connectivity index is 3.48. The van der Waals surface area contributed by atoms with Crippen molar-refractivity contribution in [1.82, 2.24) is 4.98 Å². The summed E-state index contributed by atoms with van der Waals surface area (Å²) >= 11 is 0. The van der Waals surface area contributed by atoms with E-state index < -0.39 is 46.6 Å². The summed E-state index contributed by atoms with van der Waals surface area (Å²) in [6.45, 7) is 0. The molecule has 1 rings (SSSR count). The number of methoxy groups -OCH3 is 1. The number of aliphatic carboxylic acids is 1. The highest BCUT2D eigenvalue weighted by Crippen LogP contribution is 2.37. The Bertz CT molecular complexity index is 545. The van der Waals surface area contributed by atoms with Gasteiger partial charge in [-0.2, -0.15) is 0 Å². The molecule has 0 saturated heterocycles. The number of hydrogen-bond donors (Lipinski definition) is 1. The van der Waals surface area contributed by atoms with E-state index in [9.17, 15) is 28.1 Å². The lowest BCUT2D eigenvalue weighted by atomic mass is 10.1. The third-order valence-corrected chi connectivity index (χ3v) is 2.02. The van der Waals surface area contributed by atoms with Crippen molar-refractivity contribution in [3.05, 3.63) is 21.9 Å². The molecule has 0 saturated carbocycles. The zero-order chi connectivity index (χ0) is 15.5. The van der Waals surface area contributed by atoms with Crippen LogP contribution in [0, 0.1) is 10.1 Å². The van der Waals surface area contributed by atoms with E-state index >= 15 is 0 Å². The van der Waals surface area contributed by atoms with Crippen LogP contribution >= 0.6 is 0 Å². The maximum Gasteiger partial charge on any atom is 0.574 e. The second-order valence-electron chi connectivity index (χ2n) is 3.33. The van der Waals surface area contributed by atoms with Gasteiger partial charge in [0.2, 0.25) is 11.6 Å². The monoisotopic (exact) mass is 296 g/mol. The van der Waals surface area contributed by atoms with Gasteiger partial charge >= 0.3 is 18.0 Å². The molecule has 0 aliphatic rings. The second kappa shape index (κ2) is 5.59. The summed E-state index contributed by atoms with van der Waals surface area (Å²) in [7, 11) is 1.03. The molecule has 0 radical (unpaired) electrons. The summed E-state index contributed by atoms with van der Waals surface area (Å²) < 4.78 is 44.6. The molecule has 1 heterocycles. The van der Waals surface area contributed by atoms with Gasteiger partial charge in [-0.1, -0.05) is 0 Å². The number of carbonyl (C=O) groups is 1. The molecular formula is C9H7F3N2O6. The molecule has 0 aliphatic carbocycles. The van der Waals surface area contributed by atoms with Gasteiger partial charge in [-0.3, -0.25) is 14.9 Å². The number of nitrogens with zero attached hydrogens (tertiary/aromatic N) is 2. The van der Waals surface area contributed by atoms with Crippen molar-refractivity contribution in [3.8, 4) is 11.6 Å². The van der Waals surface area contributed by atoms with E-state index in [4.69, 9.17) is 5.11 Å². The van der Waals surface area contributed by atoms with Gasteiger partial charge in [0.1, 0.15) is 5.56 Å². The maximum absolute atomic E-state index is 12.2. The quantitative estimate of drug-likeness (QED) is 0.647. The van der Waals surface area contributed by atoms with Crippen molar-refractivity contribution in [2.24, 2.45) is 0 Å². The van der Waals surface area contributed by atoms with E-state index in [1.807, 2.05) is 0 Å². The first-order valence-corrected chi connectivity index (χ1v) is 4.83. The standard InChI is InChI=1S/C9H7F3N2O6/c1-19-5-3-13-8(20-9(10,11)12)4(2-6(15)16)7(5)14(17)18/h3H,2H2,1H3,(H,15,16). The Morgan fingerprint density at radius 3 is 2.55 bits per heavy atom. The number of aromatic nitrogens is 1. The number of pyridine rings is 1. The Morgan fingerprint density at radius 1 is 1.55 bits per heavy atom. The lowest BCUT2D eigenvalue weighted by Crippen LogP contribution is -2.20. The smallest absolute Gasteiger partial charge is 0.489 e. The van der Waals surface area contributed by atoms with E-state index in [0.717, 1.165) is 7.11 Å². The molecule has 110 valence electrons. The van der Waals surface area contributed by atoms with Crippen LogP contribution in [0.15, 0.2) is 6.20 Å². The summed E-state index contributed by atoms with van der Waals surface area (Å²) in [5.41, 5.74) is -1.77. The molecule has 0 atom stereocenters. The molecule has 0 spiro atoms. The Morgan fingerprint density at radius 2 is 2.15 bits per heavy atom. The van der Waals surface area contributed by atoms with E-state index in [-0.39, 0.29) is 0 Å². The SMILES string of the molecule is COc1cnc(OC(F)(F)F)c(CC(=O)O)c1[N+](=O)[O-]. The lowest BCUT2D eigenvalue weighted by Gasteiger charge is -2.12. The predicted molar refractivity (Wildman–Crippen MR) is 55.5 cm³/mol. The van der Waals surface area contributed by atoms with Gasteiger partial charge in [-0.25, -0.2) is 4.98 Å². The summed E-state index contributed by atoms with van der Waals surface area (Å²) in [4.78, 5) is 23.6. The first-order chi connectivity index (χ1) is 9.15. The Kier molecular flexibility index (Phi) is 4.32. The first-order valence-electron chi connectivity index (χ1n) is 4.83. The van der Waals surface area contributed by atoms with E-state index in [2.05, 4.69) is 14.5 Å². The van der Waals surface area contributed by atoms with E-state index in [1.165, 1.54) is 0 Å². The van der Waals surface area contributed by atoms with Crippen LogP contribution in [0.3, 0.4) is 0 Å². The lowest BCUT2D eigenvalue weighted by molar-refractivity contribution is -0.386. The fourth-order valence-electron chi connectivity index (χ4n) is 1.36. The van der Waals surface area contributed by atoms with E-state index in [1.54, 1.807) is 0 Å². The maximum atomic E-state index is 12.2. The van der Waals surface area contributed by atoms with Crippen LogP contribution in [0.2, 0.25) is 0 Å². The normalized spacial score (nSPS) is 11.0. The Labute approximate surface area is 108 Å². The van der Waals surface area contributed by atoms with Crippen molar-refractivity contribution in [3.63, 3.8) is 0 Å². The topological polar surface area (TPSA) is 112 Å². The van der Waals surface area contributed by atoms with Crippen molar-refractivity contribution >= 4 is 11.7 Å². The first kappa shape index (κ1) is 15.5. The number of halogens is 3. The average Bonchev–Trinajstić information content (AvgIpc) is 2.28. The summed E-state index contributed by atoms with van der Waals surface area (Å²) in [5.74, 6) is -3.26. The van der Waals surface area contributed by atoms with Gasteiger partial charge in [0.25, 0.3) is 0 Å². The van der Waals surface area contributed by atoms with Gasteiger partial charge in [0.05, 0.1) is 24.7 Å². The van der Waals surface area contributed by atoms with E-state index in [0.29, 0.717) is 6.20 Å². The zero-order valence-corrected chi connectivity index (χ0v) is 9.80.